The van der Waals surface area contributed by atoms with Crippen LogP contribution in [0.15, 0.2) is 47.4 Å². The Hall–Kier alpha value is -2.29. The Morgan fingerprint density at radius 1 is 1.19 bits per heavy atom. The number of fused-ring (bicyclic) bond motifs is 1. The van der Waals surface area contributed by atoms with Gasteiger partial charge >= 0.3 is 5.97 Å². The maximum Gasteiger partial charge on any atom is 0.338 e. The van der Waals surface area contributed by atoms with E-state index in [2.05, 4.69) is 4.98 Å². The van der Waals surface area contributed by atoms with Gasteiger partial charge in [-0.1, -0.05) is 18.2 Å². The van der Waals surface area contributed by atoms with Gasteiger partial charge in [0.25, 0.3) is 0 Å². The lowest BCUT2D eigenvalue weighted by Gasteiger charge is -2.13. The summed E-state index contributed by atoms with van der Waals surface area (Å²) in [5, 5.41) is 0.689. The Balaban J connectivity index is 1.81. The molecule has 2 aromatic carbocycles. The molecule has 0 N–H and O–H groups in total. The maximum atomic E-state index is 12.4. The number of carbonyl (C=O) groups is 1. The number of thiazole rings is 1. The zero-order chi connectivity index (χ0) is 18.9. The highest BCUT2D eigenvalue weighted by atomic mass is 32.2. The SMILES string of the molecule is Cc1ccc(S(=O)(=O)N(C)C)cc1C(=O)OCc1nc2ccccc2s1. The summed E-state index contributed by atoms with van der Waals surface area (Å²) in [6.45, 7) is 1.78. The van der Waals surface area contributed by atoms with E-state index >= 15 is 0 Å². The molecule has 1 heterocycles. The lowest BCUT2D eigenvalue weighted by molar-refractivity contribution is 0.0471. The number of aromatic nitrogens is 1. The molecule has 1 aromatic heterocycles. The van der Waals surface area contributed by atoms with Gasteiger partial charge in [0, 0.05) is 14.1 Å². The molecule has 0 saturated heterocycles. The van der Waals surface area contributed by atoms with Crippen LogP contribution in [-0.2, 0) is 21.4 Å². The molecule has 3 rings (SSSR count). The first kappa shape index (κ1) is 18.5. The van der Waals surface area contributed by atoms with Crippen molar-refractivity contribution in [2.24, 2.45) is 0 Å². The van der Waals surface area contributed by atoms with Crippen molar-refractivity contribution in [3.63, 3.8) is 0 Å². The smallest absolute Gasteiger partial charge is 0.338 e. The van der Waals surface area contributed by atoms with Crippen LogP contribution in [0, 0.1) is 6.92 Å². The molecule has 136 valence electrons. The Morgan fingerprint density at radius 2 is 1.92 bits per heavy atom. The fraction of sp³-hybridized carbons (Fsp3) is 0.222. The molecule has 0 atom stereocenters. The number of esters is 1. The molecule has 0 spiro atoms. The summed E-state index contributed by atoms with van der Waals surface area (Å²) in [6.07, 6.45) is 0. The predicted molar refractivity (Wildman–Crippen MR) is 101 cm³/mol. The first-order valence-electron chi connectivity index (χ1n) is 7.84. The van der Waals surface area contributed by atoms with E-state index in [1.165, 1.54) is 37.6 Å². The van der Waals surface area contributed by atoms with E-state index in [4.69, 9.17) is 4.74 Å². The van der Waals surface area contributed by atoms with Crippen LogP contribution in [0.3, 0.4) is 0 Å². The van der Waals surface area contributed by atoms with Crippen LogP contribution in [0.25, 0.3) is 10.2 Å². The molecule has 0 fully saturated rings. The minimum atomic E-state index is -3.62. The molecule has 0 aliphatic carbocycles. The van der Waals surface area contributed by atoms with Crippen molar-refractivity contribution in [3.8, 4) is 0 Å². The Morgan fingerprint density at radius 3 is 2.62 bits per heavy atom. The lowest BCUT2D eigenvalue weighted by Crippen LogP contribution is -2.22. The number of hydrogen-bond donors (Lipinski definition) is 0. The van der Waals surface area contributed by atoms with Gasteiger partial charge in [0.2, 0.25) is 10.0 Å². The molecule has 0 unspecified atom stereocenters. The molecule has 0 saturated carbocycles. The van der Waals surface area contributed by atoms with Crippen molar-refractivity contribution in [3.05, 3.63) is 58.6 Å². The van der Waals surface area contributed by atoms with Crippen LogP contribution in [-0.4, -0.2) is 37.8 Å². The maximum absolute atomic E-state index is 12.4. The van der Waals surface area contributed by atoms with Gasteiger partial charge in [-0.2, -0.15) is 0 Å². The van der Waals surface area contributed by atoms with Gasteiger partial charge in [-0.15, -0.1) is 11.3 Å². The summed E-state index contributed by atoms with van der Waals surface area (Å²) in [4.78, 5) is 16.9. The molecule has 6 nitrogen and oxygen atoms in total. The van der Waals surface area contributed by atoms with E-state index in [0.29, 0.717) is 10.6 Å². The molecular formula is C18H18N2O4S2. The van der Waals surface area contributed by atoms with E-state index in [-0.39, 0.29) is 17.1 Å². The summed E-state index contributed by atoms with van der Waals surface area (Å²) in [7, 11) is -0.729. The van der Waals surface area contributed by atoms with Crippen LogP contribution < -0.4 is 0 Å². The van der Waals surface area contributed by atoms with Crippen LogP contribution in [0.4, 0.5) is 0 Å². The van der Waals surface area contributed by atoms with E-state index in [1.807, 2.05) is 24.3 Å². The molecule has 0 bridgehead atoms. The summed E-state index contributed by atoms with van der Waals surface area (Å²) >= 11 is 1.46. The van der Waals surface area contributed by atoms with Crippen molar-refractivity contribution >= 4 is 37.5 Å². The van der Waals surface area contributed by atoms with Crippen LogP contribution in [0.2, 0.25) is 0 Å². The van der Waals surface area contributed by atoms with Gasteiger partial charge in [-0.3, -0.25) is 0 Å². The van der Waals surface area contributed by atoms with Crippen LogP contribution in [0.5, 0.6) is 0 Å². The van der Waals surface area contributed by atoms with Crippen molar-refractivity contribution < 1.29 is 17.9 Å². The highest BCUT2D eigenvalue weighted by Crippen LogP contribution is 2.23. The highest BCUT2D eigenvalue weighted by molar-refractivity contribution is 7.89. The molecule has 0 amide bonds. The third-order valence-corrected chi connectivity index (χ3v) is 6.69. The minimum absolute atomic E-state index is 0.0439. The highest BCUT2D eigenvalue weighted by Gasteiger charge is 2.21. The molecule has 0 radical (unpaired) electrons. The molecule has 3 aromatic rings. The topological polar surface area (TPSA) is 76.6 Å². The summed E-state index contributed by atoms with van der Waals surface area (Å²) in [5.74, 6) is -0.572. The van der Waals surface area contributed by atoms with Crippen LogP contribution in [0.1, 0.15) is 20.9 Å². The average Bonchev–Trinajstić information content (AvgIpc) is 3.02. The number of aryl methyl sites for hydroxylation is 1. The normalized spacial score (nSPS) is 11.8. The van der Waals surface area contributed by atoms with Gasteiger partial charge in [0.1, 0.15) is 11.6 Å². The molecule has 0 aliphatic rings. The molecular weight excluding hydrogens is 372 g/mol. The van der Waals surface area contributed by atoms with Gasteiger partial charge in [0.05, 0.1) is 20.7 Å². The van der Waals surface area contributed by atoms with Crippen molar-refractivity contribution in [2.75, 3.05) is 14.1 Å². The second kappa shape index (κ2) is 7.14. The number of rotatable bonds is 5. The number of nitrogens with zero attached hydrogens (tertiary/aromatic N) is 2. The van der Waals surface area contributed by atoms with Gasteiger partial charge in [-0.05, 0) is 36.8 Å². The molecule has 8 heteroatoms. The third-order valence-electron chi connectivity index (χ3n) is 3.87. The van der Waals surface area contributed by atoms with E-state index in [9.17, 15) is 13.2 Å². The van der Waals surface area contributed by atoms with E-state index in [0.717, 1.165) is 14.5 Å². The monoisotopic (exact) mass is 390 g/mol. The predicted octanol–water partition coefficient (Wildman–Crippen LogP) is 3.21. The number of sulfonamides is 1. The Bertz CT molecular complexity index is 1040. The Kier molecular flexibility index (Phi) is 5.08. The van der Waals surface area contributed by atoms with Gasteiger partial charge < -0.3 is 4.74 Å². The zero-order valence-corrected chi connectivity index (χ0v) is 16.2. The minimum Gasteiger partial charge on any atom is -0.455 e. The number of para-hydroxylation sites is 1. The third kappa shape index (κ3) is 3.62. The summed E-state index contributed by atoms with van der Waals surface area (Å²) < 4.78 is 32.0. The fourth-order valence-electron chi connectivity index (χ4n) is 2.38. The number of hydrogen-bond acceptors (Lipinski definition) is 6. The number of benzene rings is 2. The van der Waals surface area contributed by atoms with Crippen LogP contribution >= 0.6 is 11.3 Å². The van der Waals surface area contributed by atoms with Gasteiger partial charge in [-0.25, -0.2) is 22.5 Å². The van der Waals surface area contributed by atoms with E-state index in [1.54, 1.807) is 13.0 Å². The quantitative estimate of drug-likeness (QED) is 0.625. The van der Waals surface area contributed by atoms with Crippen molar-refractivity contribution in [1.82, 2.24) is 9.29 Å². The second-order valence-corrected chi connectivity index (χ2v) is 9.18. The standard InChI is InChI=1S/C18H18N2O4S2/c1-12-8-9-13(26(22,23)20(2)3)10-14(12)18(21)24-11-17-19-15-6-4-5-7-16(15)25-17/h4-10H,11H2,1-3H3. The lowest BCUT2D eigenvalue weighted by atomic mass is 10.1. The first-order valence-corrected chi connectivity index (χ1v) is 10.1. The summed E-state index contributed by atoms with van der Waals surface area (Å²) in [5.41, 5.74) is 1.74. The molecule has 0 aliphatic heterocycles. The average molecular weight is 390 g/mol. The zero-order valence-electron chi connectivity index (χ0n) is 14.6. The number of ether oxygens (including phenoxy) is 1. The van der Waals surface area contributed by atoms with E-state index < -0.39 is 16.0 Å². The van der Waals surface area contributed by atoms with Crippen molar-refractivity contribution in [2.45, 2.75) is 18.4 Å². The fourth-order valence-corrected chi connectivity index (χ4v) is 4.19. The second-order valence-electron chi connectivity index (χ2n) is 5.92. The molecule has 26 heavy (non-hydrogen) atoms. The van der Waals surface area contributed by atoms with Gasteiger partial charge in [0.15, 0.2) is 0 Å². The van der Waals surface area contributed by atoms with Crippen molar-refractivity contribution in [1.29, 1.82) is 0 Å². The first-order chi connectivity index (χ1) is 12.3. The Labute approximate surface area is 156 Å². The number of carbonyl (C=O) groups excluding carboxylic acids is 1. The largest absolute Gasteiger partial charge is 0.455 e. The summed E-state index contributed by atoms with van der Waals surface area (Å²) in [6, 6.07) is 12.1.